The summed E-state index contributed by atoms with van der Waals surface area (Å²) >= 11 is 5.40. The first-order valence-corrected chi connectivity index (χ1v) is 9.97. The van der Waals surface area contributed by atoms with Gasteiger partial charge in [-0.15, -0.1) is 0 Å². The first-order chi connectivity index (χ1) is 10.8. The molecule has 0 saturated carbocycles. The van der Waals surface area contributed by atoms with Crippen LogP contribution in [0.4, 0.5) is 0 Å². The van der Waals surface area contributed by atoms with Crippen LogP contribution in [0.15, 0.2) is 12.1 Å². The Morgan fingerprint density at radius 3 is 2.00 bits per heavy atom. The normalized spacial score (nSPS) is 10.5. The second-order valence-electron chi connectivity index (χ2n) is 5.02. The minimum atomic E-state index is 0.759. The predicted octanol–water partition coefficient (Wildman–Crippen LogP) is 5.29. The fourth-order valence-corrected chi connectivity index (χ4v) is 3.66. The zero-order chi connectivity index (χ0) is 16.2. The van der Waals surface area contributed by atoms with Crippen molar-refractivity contribution in [3.63, 3.8) is 0 Å². The molecule has 0 bridgehead atoms. The molecule has 0 aromatic heterocycles. The summed E-state index contributed by atoms with van der Waals surface area (Å²) in [4.78, 5) is 0. The van der Waals surface area contributed by atoms with Crippen molar-refractivity contribution in [3.8, 4) is 17.2 Å². The molecule has 5 heteroatoms. The van der Waals surface area contributed by atoms with Crippen LogP contribution in [-0.2, 0) is 5.75 Å². The van der Waals surface area contributed by atoms with Gasteiger partial charge in [0.05, 0.1) is 21.3 Å². The Bertz CT molecular complexity index is 401. The summed E-state index contributed by atoms with van der Waals surface area (Å²) in [6.07, 6.45) is 6.54. The molecule has 1 aromatic rings. The van der Waals surface area contributed by atoms with Gasteiger partial charge in [-0.3, -0.25) is 0 Å². The van der Waals surface area contributed by atoms with E-state index in [2.05, 4.69) is 15.9 Å². The van der Waals surface area contributed by atoms with Gasteiger partial charge in [-0.05, 0) is 18.6 Å². The van der Waals surface area contributed by atoms with Gasteiger partial charge in [0, 0.05) is 28.8 Å². The van der Waals surface area contributed by atoms with Gasteiger partial charge in [-0.2, -0.15) is 11.8 Å². The van der Waals surface area contributed by atoms with Crippen LogP contribution in [0.25, 0.3) is 0 Å². The summed E-state index contributed by atoms with van der Waals surface area (Å²) in [6, 6.07) is 3.83. The maximum atomic E-state index is 5.48. The lowest BCUT2D eigenvalue weighted by Crippen LogP contribution is -1.97. The molecule has 0 aliphatic heterocycles. The van der Waals surface area contributed by atoms with E-state index in [0.717, 1.165) is 33.9 Å². The molecule has 0 unspecified atom stereocenters. The predicted molar refractivity (Wildman–Crippen MR) is 99.1 cm³/mol. The van der Waals surface area contributed by atoms with E-state index in [-0.39, 0.29) is 0 Å². The molecule has 0 radical (unpaired) electrons. The van der Waals surface area contributed by atoms with Gasteiger partial charge in [0.2, 0.25) is 0 Å². The fraction of sp³-hybridized carbons (Fsp3) is 0.647. The molecule has 0 atom stereocenters. The number of ether oxygens (including phenoxy) is 3. The second-order valence-corrected chi connectivity index (χ2v) is 6.92. The highest BCUT2D eigenvalue weighted by atomic mass is 79.9. The van der Waals surface area contributed by atoms with Crippen LogP contribution in [0.2, 0.25) is 0 Å². The molecule has 0 saturated heterocycles. The van der Waals surface area contributed by atoms with Crippen molar-refractivity contribution < 1.29 is 14.2 Å². The SMILES string of the molecule is COc1cc(OC)c(CSCCCCCCCBr)c(OC)c1. The van der Waals surface area contributed by atoms with Crippen molar-refractivity contribution in [2.45, 2.75) is 37.9 Å². The Morgan fingerprint density at radius 1 is 0.864 bits per heavy atom. The zero-order valence-electron chi connectivity index (χ0n) is 13.8. The Hall–Kier alpha value is -0.550. The zero-order valence-corrected chi connectivity index (χ0v) is 16.2. The molecule has 3 nitrogen and oxygen atoms in total. The van der Waals surface area contributed by atoms with Crippen molar-refractivity contribution in [1.29, 1.82) is 0 Å². The summed E-state index contributed by atoms with van der Waals surface area (Å²) in [6.45, 7) is 0. The number of hydrogen-bond acceptors (Lipinski definition) is 4. The molecule has 1 aromatic carbocycles. The molecule has 0 heterocycles. The Balaban J connectivity index is 2.44. The van der Waals surface area contributed by atoms with E-state index in [1.807, 2.05) is 23.9 Å². The van der Waals surface area contributed by atoms with Gasteiger partial charge < -0.3 is 14.2 Å². The van der Waals surface area contributed by atoms with Crippen LogP contribution >= 0.6 is 27.7 Å². The minimum absolute atomic E-state index is 0.759. The summed E-state index contributed by atoms with van der Waals surface area (Å²) < 4.78 is 16.2. The van der Waals surface area contributed by atoms with E-state index in [1.165, 1.54) is 37.9 Å². The van der Waals surface area contributed by atoms with Gasteiger partial charge in [0.15, 0.2) is 0 Å². The molecular weight excluding hydrogens is 364 g/mol. The number of halogens is 1. The number of benzene rings is 1. The van der Waals surface area contributed by atoms with Crippen LogP contribution in [0.1, 0.15) is 37.7 Å². The van der Waals surface area contributed by atoms with Crippen molar-refractivity contribution in [3.05, 3.63) is 17.7 Å². The minimum Gasteiger partial charge on any atom is -0.496 e. The standard InChI is InChI=1S/C17H27BrO3S/c1-19-14-11-16(20-2)15(17(12-14)21-3)13-22-10-8-6-4-5-7-9-18/h11-12H,4-10,13H2,1-3H3. The molecule has 22 heavy (non-hydrogen) atoms. The van der Waals surface area contributed by atoms with E-state index in [4.69, 9.17) is 14.2 Å². The summed E-state index contributed by atoms with van der Waals surface area (Å²) in [5.74, 6) is 4.50. The highest BCUT2D eigenvalue weighted by Crippen LogP contribution is 2.36. The molecule has 126 valence electrons. The lowest BCUT2D eigenvalue weighted by Gasteiger charge is -2.14. The molecule has 0 N–H and O–H groups in total. The molecule has 0 aliphatic carbocycles. The van der Waals surface area contributed by atoms with Crippen molar-refractivity contribution >= 4 is 27.7 Å². The van der Waals surface area contributed by atoms with Gasteiger partial charge in [-0.1, -0.05) is 35.2 Å². The second kappa shape index (κ2) is 11.9. The maximum absolute atomic E-state index is 5.48. The quantitative estimate of drug-likeness (QED) is 0.357. The number of alkyl halides is 1. The molecule has 0 aliphatic rings. The molecule has 0 fully saturated rings. The van der Waals surface area contributed by atoms with E-state index < -0.39 is 0 Å². The van der Waals surface area contributed by atoms with Crippen molar-refractivity contribution in [2.75, 3.05) is 32.4 Å². The van der Waals surface area contributed by atoms with Crippen LogP contribution in [0.5, 0.6) is 17.2 Å². The first kappa shape index (κ1) is 19.5. The number of thioether (sulfide) groups is 1. The van der Waals surface area contributed by atoms with Gasteiger partial charge >= 0.3 is 0 Å². The van der Waals surface area contributed by atoms with E-state index >= 15 is 0 Å². The Morgan fingerprint density at radius 2 is 1.45 bits per heavy atom. The number of hydrogen-bond donors (Lipinski definition) is 0. The molecule has 0 amide bonds. The van der Waals surface area contributed by atoms with Crippen LogP contribution < -0.4 is 14.2 Å². The van der Waals surface area contributed by atoms with Crippen LogP contribution in [0, 0.1) is 0 Å². The first-order valence-electron chi connectivity index (χ1n) is 7.69. The maximum Gasteiger partial charge on any atom is 0.130 e. The monoisotopic (exact) mass is 390 g/mol. The summed E-state index contributed by atoms with van der Waals surface area (Å²) in [5.41, 5.74) is 1.11. The van der Waals surface area contributed by atoms with Crippen molar-refractivity contribution in [2.24, 2.45) is 0 Å². The highest BCUT2D eigenvalue weighted by Gasteiger charge is 2.13. The summed E-state index contributed by atoms with van der Waals surface area (Å²) in [5, 5.41) is 1.12. The third-order valence-corrected chi connectivity index (χ3v) is 5.12. The number of unbranched alkanes of at least 4 members (excludes halogenated alkanes) is 4. The number of methoxy groups -OCH3 is 3. The van der Waals surface area contributed by atoms with Gasteiger partial charge in [0.1, 0.15) is 17.2 Å². The molecule has 0 spiro atoms. The van der Waals surface area contributed by atoms with Gasteiger partial charge in [-0.25, -0.2) is 0 Å². The third-order valence-electron chi connectivity index (χ3n) is 3.49. The average molecular weight is 391 g/mol. The molecular formula is C17H27BrO3S. The molecule has 1 rings (SSSR count). The lowest BCUT2D eigenvalue weighted by molar-refractivity contribution is 0.371. The Labute approximate surface area is 147 Å². The largest absolute Gasteiger partial charge is 0.496 e. The number of rotatable bonds is 12. The third kappa shape index (κ3) is 6.69. The van der Waals surface area contributed by atoms with Gasteiger partial charge in [0.25, 0.3) is 0 Å². The fourth-order valence-electron chi connectivity index (χ4n) is 2.22. The topological polar surface area (TPSA) is 27.7 Å². The Kier molecular flexibility index (Phi) is 10.6. The van der Waals surface area contributed by atoms with E-state index in [9.17, 15) is 0 Å². The van der Waals surface area contributed by atoms with E-state index in [0.29, 0.717) is 0 Å². The summed E-state index contributed by atoms with van der Waals surface area (Å²) in [7, 11) is 5.02. The average Bonchev–Trinajstić information content (AvgIpc) is 2.56. The smallest absolute Gasteiger partial charge is 0.130 e. The van der Waals surface area contributed by atoms with Crippen molar-refractivity contribution in [1.82, 2.24) is 0 Å². The lowest BCUT2D eigenvalue weighted by atomic mass is 10.2. The highest BCUT2D eigenvalue weighted by molar-refractivity contribution is 9.09. The van der Waals surface area contributed by atoms with E-state index in [1.54, 1.807) is 21.3 Å². The van der Waals surface area contributed by atoms with Crippen LogP contribution in [-0.4, -0.2) is 32.4 Å². The van der Waals surface area contributed by atoms with Crippen LogP contribution in [0.3, 0.4) is 0 Å².